The van der Waals surface area contributed by atoms with Crippen molar-refractivity contribution in [2.45, 2.75) is 26.8 Å². The number of carbonyl (C=O) groups excluding carboxylic acids is 1. The molecule has 1 N–H and O–H groups in total. The van der Waals surface area contributed by atoms with Crippen LogP contribution >= 0.6 is 11.6 Å². The number of aromatic nitrogens is 1. The van der Waals surface area contributed by atoms with Gasteiger partial charge in [0.05, 0.1) is 12.1 Å². The smallest absolute Gasteiger partial charge is 0.227 e. The maximum atomic E-state index is 11.8. The Balaban J connectivity index is 1.88. The number of nitrogens with zero attached hydrogens (tertiary/aromatic N) is 1. The summed E-state index contributed by atoms with van der Waals surface area (Å²) in [5.41, 5.74) is 1.77. The maximum absolute atomic E-state index is 11.8. The third kappa shape index (κ3) is 3.83. The van der Waals surface area contributed by atoms with Crippen LogP contribution in [0.25, 0.3) is 0 Å². The van der Waals surface area contributed by atoms with E-state index in [4.69, 9.17) is 16.0 Å². The monoisotopic (exact) mass is 278 g/mol. The molecule has 1 aromatic carbocycles. The Morgan fingerprint density at radius 1 is 1.32 bits per heavy atom. The van der Waals surface area contributed by atoms with Crippen LogP contribution in [0.4, 0.5) is 0 Å². The summed E-state index contributed by atoms with van der Waals surface area (Å²) >= 11 is 5.79. The Labute approximate surface area is 116 Å². The minimum atomic E-state index is -0.0887. The highest BCUT2D eigenvalue weighted by Crippen LogP contribution is 2.11. The third-order valence-corrected chi connectivity index (χ3v) is 2.98. The number of carbonyl (C=O) groups is 1. The normalized spacial score (nSPS) is 10.5. The Hall–Kier alpha value is -1.81. The maximum Gasteiger partial charge on any atom is 0.227 e. The molecule has 4 nitrogen and oxygen atoms in total. The number of amides is 1. The lowest BCUT2D eigenvalue weighted by Crippen LogP contribution is -2.24. The van der Waals surface area contributed by atoms with E-state index < -0.39 is 0 Å². The molecule has 0 atom stereocenters. The largest absolute Gasteiger partial charge is 0.445 e. The number of hydrogen-bond acceptors (Lipinski definition) is 3. The highest BCUT2D eigenvalue weighted by Gasteiger charge is 2.11. The average Bonchev–Trinajstić information content (AvgIpc) is 2.67. The van der Waals surface area contributed by atoms with Gasteiger partial charge in [-0.1, -0.05) is 23.7 Å². The first-order chi connectivity index (χ1) is 9.04. The lowest BCUT2D eigenvalue weighted by atomic mass is 10.2. The van der Waals surface area contributed by atoms with Gasteiger partial charge in [0.1, 0.15) is 5.76 Å². The highest BCUT2D eigenvalue weighted by atomic mass is 35.5. The number of aryl methyl sites for hydroxylation is 2. The van der Waals surface area contributed by atoms with Crippen LogP contribution < -0.4 is 5.32 Å². The van der Waals surface area contributed by atoms with E-state index in [1.165, 1.54) is 0 Å². The molecule has 2 rings (SSSR count). The van der Waals surface area contributed by atoms with E-state index in [2.05, 4.69) is 10.3 Å². The SMILES string of the molecule is Cc1nc(C)c(CC(=O)NCc2ccc(Cl)cc2)o1. The first-order valence-corrected chi connectivity index (χ1v) is 6.36. The summed E-state index contributed by atoms with van der Waals surface area (Å²) in [6.07, 6.45) is 0.209. The molecule has 0 radical (unpaired) electrons. The first-order valence-electron chi connectivity index (χ1n) is 5.98. The van der Waals surface area contributed by atoms with Crippen LogP contribution in [0.5, 0.6) is 0 Å². The van der Waals surface area contributed by atoms with Gasteiger partial charge in [0.25, 0.3) is 0 Å². The van der Waals surface area contributed by atoms with Crippen LogP contribution in [-0.2, 0) is 17.8 Å². The van der Waals surface area contributed by atoms with Gasteiger partial charge in [-0.3, -0.25) is 4.79 Å². The molecule has 19 heavy (non-hydrogen) atoms. The standard InChI is InChI=1S/C14H15ClN2O2/c1-9-13(19-10(2)17-9)7-14(18)16-8-11-3-5-12(15)6-4-11/h3-6H,7-8H2,1-2H3,(H,16,18). The van der Waals surface area contributed by atoms with Gasteiger partial charge >= 0.3 is 0 Å². The second-order valence-corrected chi connectivity index (χ2v) is 4.76. The Kier molecular flexibility index (Phi) is 4.22. The molecule has 0 saturated heterocycles. The number of halogens is 1. The van der Waals surface area contributed by atoms with Gasteiger partial charge in [-0.25, -0.2) is 4.98 Å². The van der Waals surface area contributed by atoms with E-state index in [1.807, 2.05) is 19.1 Å². The van der Waals surface area contributed by atoms with Crippen molar-refractivity contribution in [3.63, 3.8) is 0 Å². The molecule has 0 bridgehead atoms. The van der Waals surface area contributed by atoms with Crippen molar-refractivity contribution >= 4 is 17.5 Å². The van der Waals surface area contributed by atoms with Gasteiger partial charge in [0.2, 0.25) is 5.91 Å². The fourth-order valence-corrected chi connectivity index (χ4v) is 1.87. The van der Waals surface area contributed by atoms with Crippen LogP contribution in [0.1, 0.15) is 22.9 Å². The van der Waals surface area contributed by atoms with E-state index in [1.54, 1.807) is 19.1 Å². The number of oxazole rings is 1. The van der Waals surface area contributed by atoms with Crippen LogP contribution in [-0.4, -0.2) is 10.9 Å². The molecule has 0 aliphatic heterocycles. The molecule has 1 amide bonds. The first kappa shape index (κ1) is 13.6. The summed E-state index contributed by atoms with van der Waals surface area (Å²) < 4.78 is 5.36. The second kappa shape index (κ2) is 5.89. The van der Waals surface area contributed by atoms with E-state index in [9.17, 15) is 4.79 Å². The van der Waals surface area contributed by atoms with Gasteiger partial charge in [-0.2, -0.15) is 0 Å². The molecule has 1 aromatic heterocycles. The molecule has 100 valence electrons. The van der Waals surface area contributed by atoms with Crippen LogP contribution in [0.15, 0.2) is 28.7 Å². The molecular weight excluding hydrogens is 264 g/mol. The summed E-state index contributed by atoms with van der Waals surface area (Å²) in [5, 5.41) is 3.52. The minimum Gasteiger partial charge on any atom is -0.445 e. The van der Waals surface area contributed by atoms with Gasteiger partial charge in [0.15, 0.2) is 5.89 Å². The van der Waals surface area contributed by atoms with Crippen LogP contribution in [0, 0.1) is 13.8 Å². The van der Waals surface area contributed by atoms with Crippen molar-refractivity contribution in [3.8, 4) is 0 Å². The van der Waals surface area contributed by atoms with Crippen molar-refractivity contribution in [3.05, 3.63) is 52.2 Å². The molecule has 0 aliphatic rings. The average molecular weight is 279 g/mol. The van der Waals surface area contributed by atoms with Gasteiger partial charge in [-0.15, -0.1) is 0 Å². The van der Waals surface area contributed by atoms with E-state index >= 15 is 0 Å². The number of nitrogens with one attached hydrogen (secondary N) is 1. The Bertz CT molecular complexity index is 576. The number of rotatable bonds is 4. The zero-order valence-electron chi connectivity index (χ0n) is 10.9. The van der Waals surface area contributed by atoms with Crippen molar-refractivity contribution in [1.29, 1.82) is 0 Å². The summed E-state index contributed by atoms with van der Waals surface area (Å²) in [5.74, 6) is 1.11. The second-order valence-electron chi connectivity index (χ2n) is 4.32. The van der Waals surface area contributed by atoms with Crippen molar-refractivity contribution < 1.29 is 9.21 Å². The third-order valence-electron chi connectivity index (χ3n) is 2.72. The Morgan fingerprint density at radius 3 is 2.58 bits per heavy atom. The van der Waals surface area contributed by atoms with Gasteiger partial charge in [0, 0.05) is 18.5 Å². The predicted molar refractivity (Wildman–Crippen MR) is 73.0 cm³/mol. The van der Waals surface area contributed by atoms with Crippen molar-refractivity contribution in [2.75, 3.05) is 0 Å². The summed E-state index contributed by atoms with van der Waals surface area (Å²) in [6, 6.07) is 7.36. The van der Waals surface area contributed by atoms with E-state index in [0.717, 1.165) is 11.3 Å². The van der Waals surface area contributed by atoms with Crippen molar-refractivity contribution in [1.82, 2.24) is 10.3 Å². The molecule has 0 fully saturated rings. The molecule has 1 heterocycles. The van der Waals surface area contributed by atoms with Gasteiger partial charge < -0.3 is 9.73 Å². The van der Waals surface area contributed by atoms with Gasteiger partial charge in [-0.05, 0) is 24.6 Å². The molecule has 0 saturated carbocycles. The Morgan fingerprint density at radius 2 is 2.00 bits per heavy atom. The lowest BCUT2D eigenvalue weighted by molar-refractivity contribution is -0.120. The summed E-state index contributed by atoms with van der Waals surface area (Å²) in [6.45, 7) is 4.07. The number of hydrogen-bond donors (Lipinski definition) is 1. The van der Waals surface area contributed by atoms with E-state index in [-0.39, 0.29) is 12.3 Å². The fraction of sp³-hybridized carbons (Fsp3) is 0.286. The summed E-state index contributed by atoms with van der Waals surface area (Å²) in [4.78, 5) is 15.9. The quantitative estimate of drug-likeness (QED) is 0.936. The number of benzene rings is 1. The molecular formula is C14H15ClN2O2. The topological polar surface area (TPSA) is 55.1 Å². The van der Waals surface area contributed by atoms with E-state index in [0.29, 0.717) is 23.2 Å². The lowest BCUT2D eigenvalue weighted by Gasteiger charge is -2.04. The minimum absolute atomic E-state index is 0.0887. The van der Waals surface area contributed by atoms with Crippen LogP contribution in [0.2, 0.25) is 5.02 Å². The molecule has 5 heteroatoms. The molecule has 0 aliphatic carbocycles. The predicted octanol–water partition coefficient (Wildman–Crippen LogP) is 2.80. The highest BCUT2D eigenvalue weighted by molar-refractivity contribution is 6.30. The van der Waals surface area contributed by atoms with Crippen molar-refractivity contribution in [2.24, 2.45) is 0 Å². The molecule has 2 aromatic rings. The fourth-order valence-electron chi connectivity index (χ4n) is 1.75. The zero-order valence-corrected chi connectivity index (χ0v) is 11.6. The summed E-state index contributed by atoms with van der Waals surface area (Å²) in [7, 11) is 0. The zero-order chi connectivity index (χ0) is 13.8. The molecule has 0 unspecified atom stereocenters. The van der Waals surface area contributed by atoms with Crippen LogP contribution in [0.3, 0.4) is 0 Å². The molecule has 0 spiro atoms.